The van der Waals surface area contributed by atoms with Crippen LogP contribution >= 0.6 is 11.3 Å². The van der Waals surface area contributed by atoms with Gasteiger partial charge >= 0.3 is 0 Å². The number of hydrogen-bond donors (Lipinski definition) is 1. The van der Waals surface area contributed by atoms with Gasteiger partial charge in [-0.2, -0.15) is 5.26 Å². The summed E-state index contributed by atoms with van der Waals surface area (Å²) in [5.74, 6) is 0.707. The molecule has 1 heterocycles. The lowest BCUT2D eigenvalue weighted by Gasteiger charge is -2.17. The van der Waals surface area contributed by atoms with Crippen LogP contribution in [0.25, 0.3) is 10.2 Å². The fraction of sp³-hybridized carbons (Fsp3) is 0.130. The van der Waals surface area contributed by atoms with Gasteiger partial charge in [-0.15, -0.1) is 11.3 Å². The molecular weight excluding hydrogens is 430 g/mol. The second kappa shape index (κ2) is 8.86. The highest BCUT2D eigenvalue weighted by Crippen LogP contribution is 2.32. The minimum Gasteiger partial charge on any atom is -0.497 e. The van der Waals surface area contributed by atoms with Gasteiger partial charge in [0.25, 0.3) is 0 Å². The summed E-state index contributed by atoms with van der Waals surface area (Å²) in [5, 5.41) is 10.1. The molecule has 8 heteroatoms. The van der Waals surface area contributed by atoms with Crippen molar-refractivity contribution in [3.63, 3.8) is 0 Å². The number of hydrogen-bond acceptors (Lipinski definition) is 6. The minimum atomic E-state index is -3.79. The maximum Gasteiger partial charge on any atom is 0.241 e. The summed E-state index contributed by atoms with van der Waals surface area (Å²) < 4.78 is 35.1. The molecule has 0 amide bonds. The van der Waals surface area contributed by atoms with Gasteiger partial charge < -0.3 is 4.74 Å². The first-order valence-electron chi connectivity index (χ1n) is 9.50. The Bertz CT molecular complexity index is 1360. The van der Waals surface area contributed by atoms with Crippen molar-refractivity contribution >= 4 is 31.6 Å². The monoisotopic (exact) mass is 449 g/mol. The van der Waals surface area contributed by atoms with E-state index in [4.69, 9.17) is 4.74 Å². The average Bonchev–Trinajstić information content (AvgIpc) is 3.23. The fourth-order valence-electron chi connectivity index (χ4n) is 3.26. The van der Waals surface area contributed by atoms with Crippen LogP contribution in [0.1, 0.15) is 22.2 Å². The van der Waals surface area contributed by atoms with E-state index in [1.807, 2.05) is 30.3 Å². The van der Waals surface area contributed by atoms with Gasteiger partial charge in [-0.05, 0) is 48.4 Å². The number of nitriles is 1. The lowest BCUT2D eigenvalue weighted by molar-refractivity contribution is 0.415. The molecule has 6 nitrogen and oxygen atoms in total. The summed E-state index contributed by atoms with van der Waals surface area (Å²) in [7, 11) is -2.19. The molecule has 0 aliphatic carbocycles. The molecule has 0 bridgehead atoms. The third kappa shape index (κ3) is 4.59. The Labute approximate surface area is 184 Å². The van der Waals surface area contributed by atoms with Crippen LogP contribution in [0.15, 0.2) is 77.7 Å². The molecule has 0 radical (unpaired) electrons. The summed E-state index contributed by atoms with van der Waals surface area (Å²) in [4.78, 5) is 4.85. The molecule has 156 valence electrons. The van der Waals surface area contributed by atoms with Gasteiger partial charge in [-0.1, -0.05) is 36.4 Å². The van der Waals surface area contributed by atoms with Gasteiger partial charge in [0.15, 0.2) is 0 Å². The van der Waals surface area contributed by atoms with Crippen molar-refractivity contribution in [1.82, 2.24) is 9.71 Å². The van der Waals surface area contributed by atoms with E-state index < -0.39 is 16.1 Å². The molecule has 0 saturated carbocycles. The molecule has 1 aromatic heterocycles. The predicted octanol–water partition coefficient (Wildman–Crippen LogP) is 4.44. The molecule has 0 aliphatic rings. The number of nitrogens with one attached hydrogen (secondary N) is 1. The molecule has 0 spiro atoms. The van der Waals surface area contributed by atoms with Crippen LogP contribution in [0.3, 0.4) is 0 Å². The van der Waals surface area contributed by atoms with E-state index in [-0.39, 0.29) is 4.90 Å². The van der Waals surface area contributed by atoms with Gasteiger partial charge in [0.05, 0.1) is 39.9 Å². The maximum absolute atomic E-state index is 13.1. The quantitative estimate of drug-likeness (QED) is 0.450. The summed E-state index contributed by atoms with van der Waals surface area (Å²) in [6.45, 7) is 0. The molecular formula is C23H19N3O3S2. The van der Waals surface area contributed by atoms with E-state index in [0.29, 0.717) is 22.7 Å². The van der Waals surface area contributed by atoms with Crippen molar-refractivity contribution in [1.29, 1.82) is 5.26 Å². The molecule has 0 saturated heterocycles. The summed E-state index contributed by atoms with van der Waals surface area (Å²) in [6, 6.07) is 22.5. The Kier molecular flexibility index (Phi) is 6.00. The topological polar surface area (TPSA) is 92.1 Å². The lowest BCUT2D eigenvalue weighted by Crippen LogP contribution is -2.30. The molecule has 31 heavy (non-hydrogen) atoms. The van der Waals surface area contributed by atoms with Crippen LogP contribution in [0, 0.1) is 11.3 Å². The van der Waals surface area contributed by atoms with Gasteiger partial charge in [-0.25, -0.2) is 18.1 Å². The first-order valence-corrected chi connectivity index (χ1v) is 11.8. The lowest BCUT2D eigenvalue weighted by atomic mass is 10.0. The second-order valence-corrected chi connectivity index (χ2v) is 9.62. The summed E-state index contributed by atoms with van der Waals surface area (Å²) >= 11 is 1.40. The fourth-order valence-corrected chi connectivity index (χ4v) is 5.60. The van der Waals surface area contributed by atoms with Crippen LogP contribution in [0.2, 0.25) is 0 Å². The highest BCUT2D eigenvalue weighted by atomic mass is 32.2. The maximum atomic E-state index is 13.1. The minimum absolute atomic E-state index is 0.177. The number of thiazole rings is 1. The number of benzene rings is 3. The van der Waals surface area contributed by atoms with Crippen molar-refractivity contribution in [2.75, 3.05) is 7.11 Å². The van der Waals surface area contributed by atoms with Crippen molar-refractivity contribution in [3.05, 3.63) is 88.9 Å². The van der Waals surface area contributed by atoms with Crippen LogP contribution in [-0.4, -0.2) is 20.5 Å². The molecule has 1 atom stereocenters. The van der Waals surface area contributed by atoms with E-state index in [0.717, 1.165) is 15.8 Å². The number of ether oxygens (including phenoxy) is 1. The SMILES string of the molecule is COc1ccc2nc([C@H](Cc3ccccc3C#N)NS(=O)(=O)c3ccccc3)sc2c1. The number of methoxy groups -OCH3 is 1. The van der Waals surface area contributed by atoms with E-state index in [2.05, 4.69) is 15.8 Å². The van der Waals surface area contributed by atoms with Gasteiger partial charge in [0, 0.05) is 0 Å². The number of aromatic nitrogens is 1. The number of rotatable bonds is 7. The van der Waals surface area contributed by atoms with Crippen LogP contribution in [-0.2, 0) is 16.4 Å². The highest BCUT2D eigenvalue weighted by molar-refractivity contribution is 7.89. The van der Waals surface area contributed by atoms with Crippen molar-refractivity contribution < 1.29 is 13.2 Å². The largest absolute Gasteiger partial charge is 0.497 e. The van der Waals surface area contributed by atoms with Crippen LogP contribution in [0.5, 0.6) is 5.75 Å². The van der Waals surface area contributed by atoms with E-state index in [1.165, 1.54) is 11.3 Å². The van der Waals surface area contributed by atoms with E-state index in [9.17, 15) is 13.7 Å². The van der Waals surface area contributed by atoms with Crippen LogP contribution < -0.4 is 9.46 Å². The predicted molar refractivity (Wildman–Crippen MR) is 121 cm³/mol. The Morgan fingerprint density at radius 3 is 2.58 bits per heavy atom. The molecule has 0 aliphatic heterocycles. The second-order valence-electron chi connectivity index (χ2n) is 6.85. The number of fused-ring (bicyclic) bond motifs is 1. The smallest absolute Gasteiger partial charge is 0.241 e. The Morgan fingerprint density at radius 2 is 1.84 bits per heavy atom. The van der Waals surface area contributed by atoms with Crippen molar-refractivity contribution in [2.24, 2.45) is 0 Å². The van der Waals surface area contributed by atoms with E-state index in [1.54, 1.807) is 49.6 Å². The zero-order chi connectivity index (χ0) is 21.8. The van der Waals surface area contributed by atoms with Crippen molar-refractivity contribution in [2.45, 2.75) is 17.4 Å². The molecule has 1 N–H and O–H groups in total. The van der Waals surface area contributed by atoms with E-state index >= 15 is 0 Å². The van der Waals surface area contributed by atoms with Gasteiger partial charge in [-0.3, -0.25) is 0 Å². The normalized spacial score (nSPS) is 12.4. The Balaban J connectivity index is 1.76. The average molecular weight is 450 g/mol. The number of nitrogens with zero attached hydrogens (tertiary/aromatic N) is 2. The molecule has 4 rings (SSSR count). The molecule has 3 aromatic carbocycles. The first kappa shape index (κ1) is 21.0. The zero-order valence-electron chi connectivity index (χ0n) is 16.6. The first-order chi connectivity index (χ1) is 15.0. The zero-order valence-corrected chi connectivity index (χ0v) is 18.3. The van der Waals surface area contributed by atoms with Crippen LogP contribution in [0.4, 0.5) is 0 Å². The van der Waals surface area contributed by atoms with Crippen molar-refractivity contribution in [3.8, 4) is 11.8 Å². The molecule has 0 fully saturated rings. The summed E-state index contributed by atoms with van der Waals surface area (Å²) in [6.07, 6.45) is 0.298. The molecule has 4 aromatic rings. The standard InChI is InChI=1S/C23H19N3O3S2/c1-29-18-11-12-20-22(14-18)30-23(25-20)21(13-16-7-5-6-8-17(16)15-24)26-31(27,28)19-9-3-2-4-10-19/h2-12,14,21,26H,13H2,1H3/t21-/m0/s1. The number of sulfonamides is 1. The van der Waals surface area contributed by atoms with Gasteiger partial charge in [0.1, 0.15) is 10.8 Å². The summed E-state index contributed by atoms with van der Waals surface area (Å²) in [5.41, 5.74) is 2.02. The third-order valence-corrected chi connectivity index (χ3v) is 7.44. The third-order valence-electron chi connectivity index (χ3n) is 4.82. The Morgan fingerprint density at radius 1 is 1.10 bits per heavy atom. The molecule has 0 unspecified atom stereocenters. The van der Waals surface area contributed by atoms with Gasteiger partial charge in [0.2, 0.25) is 10.0 Å². The highest BCUT2D eigenvalue weighted by Gasteiger charge is 2.25. The Hall–Kier alpha value is -3.25.